The highest BCUT2D eigenvalue weighted by Crippen LogP contribution is 2.26. The quantitative estimate of drug-likeness (QED) is 0.688. The van der Waals surface area contributed by atoms with Crippen molar-refractivity contribution in [1.29, 1.82) is 0 Å². The van der Waals surface area contributed by atoms with E-state index in [9.17, 15) is 0 Å². The molecule has 16 heavy (non-hydrogen) atoms. The van der Waals surface area contributed by atoms with Gasteiger partial charge in [-0.2, -0.15) is 0 Å². The van der Waals surface area contributed by atoms with Crippen molar-refractivity contribution in [2.75, 3.05) is 0 Å². The lowest BCUT2D eigenvalue weighted by atomic mass is 9.62. The molecule has 2 rings (SSSR count). The summed E-state index contributed by atoms with van der Waals surface area (Å²) in [6, 6.07) is 14.6. The van der Waals surface area contributed by atoms with Crippen LogP contribution in [0.1, 0.15) is 13.8 Å². The van der Waals surface area contributed by atoms with E-state index in [1.165, 1.54) is 10.8 Å². The topological polar surface area (TPSA) is 9.23 Å². The van der Waals surface area contributed by atoms with E-state index < -0.39 is 0 Å². The molecular weight excluding hydrogens is 195 g/mol. The predicted molar refractivity (Wildman–Crippen MR) is 71.3 cm³/mol. The minimum Gasteiger partial charge on any atom is -0.560 e. The first-order valence-electron chi connectivity index (χ1n) is 5.99. The van der Waals surface area contributed by atoms with E-state index >= 15 is 0 Å². The fraction of sp³-hybridized carbons (Fsp3) is 0.286. The van der Waals surface area contributed by atoms with Gasteiger partial charge in [0.2, 0.25) is 0 Å². The van der Waals surface area contributed by atoms with Crippen LogP contribution in [-0.4, -0.2) is 6.92 Å². The molecule has 0 amide bonds. The Morgan fingerprint density at radius 2 is 1.62 bits per heavy atom. The second-order valence-electron chi connectivity index (χ2n) is 4.03. The molecule has 0 atom stereocenters. The molecule has 2 aromatic carbocycles. The van der Waals surface area contributed by atoms with Crippen LogP contribution in [0, 0.1) is 0 Å². The average Bonchev–Trinajstić information content (AvgIpc) is 2.36. The maximum atomic E-state index is 6.03. The van der Waals surface area contributed by atoms with Crippen molar-refractivity contribution in [3.63, 3.8) is 0 Å². The van der Waals surface area contributed by atoms with E-state index in [1.54, 1.807) is 0 Å². The van der Waals surface area contributed by atoms with Gasteiger partial charge in [-0.05, 0) is 24.1 Å². The fourth-order valence-corrected chi connectivity index (χ4v) is 1.93. The number of rotatable bonds is 4. The first-order chi connectivity index (χ1) is 7.85. The number of benzene rings is 2. The van der Waals surface area contributed by atoms with Crippen molar-refractivity contribution in [3.05, 3.63) is 42.5 Å². The van der Waals surface area contributed by atoms with E-state index in [-0.39, 0.29) is 0 Å². The Balaban J connectivity index is 2.36. The smallest absolute Gasteiger partial charge is 0.357 e. The van der Waals surface area contributed by atoms with Crippen molar-refractivity contribution >= 4 is 17.7 Å². The summed E-state index contributed by atoms with van der Waals surface area (Å²) >= 11 is 0. The third-order valence-electron chi connectivity index (χ3n) is 2.95. The molecule has 0 N–H and O–H groups in total. The van der Waals surface area contributed by atoms with Gasteiger partial charge in [-0.1, -0.05) is 50.2 Å². The summed E-state index contributed by atoms with van der Waals surface area (Å²) < 4.78 is 6.03. The Hall–Kier alpha value is -1.44. The lowest BCUT2D eigenvalue weighted by Crippen LogP contribution is -2.18. The predicted octanol–water partition coefficient (Wildman–Crippen LogP) is 4.25. The van der Waals surface area contributed by atoms with Crippen LogP contribution in [0.15, 0.2) is 42.5 Å². The fourth-order valence-electron chi connectivity index (χ4n) is 1.93. The van der Waals surface area contributed by atoms with Gasteiger partial charge in [0.15, 0.2) is 0 Å². The maximum absolute atomic E-state index is 6.03. The molecule has 0 aliphatic carbocycles. The second kappa shape index (κ2) is 5.06. The van der Waals surface area contributed by atoms with Crippen molar-refractivity contribution in [2.24, 2.45) is 0 Å². The van der Waals surface area contributed by atoms with Crippen LogP contribution in [-0.2, 0) is 0 Å². The van der Waals surface area contributed by atoms with E-state index in [1.807, 2.05) is 0 Å². The van der Waals surface area contributed by atoms with Crippen LogP contribution in [0.5, 0.6) is 5.75 Å². The normalized spacial score (nSPS) is 10.4. The summed E-state index contributed by atoms with van der Waals surface area (Å²) in [6.45, 7) is 4.66. The molecule has 0 heterocycles. The van der Waals surface area contributed by atoms with Crippen molar-refractivity contribution in [2.45, 2.75) is 26.5 Å². The summed E-state index contributed by atoms with van der Waals surface area (Å²) in [5.74, 6) is 1.01. The molecule has 1 nitrogen and oxygen atoms in total. The Kier molecular flexibility index (Phi) is 3.50. The Bertz CT molecular complexity index is 458. The standard InChI is InChI=1S/C14H17BO/c1-3-15(4-2)16-14-11-7-9-12-8-5-6-10-13(12)14/h5-11H,3-4H2,1-2H3. The van der Waals surface area contributed by atoms with Crippen molar-refractivity contribution in [1.82, 2.24) is 0 Å². The van der Waals surface area contributed by atoms with E-state index in [0.29, 0.717) is 6.92 Å². The van der Waals surface area contributed by atoms with Gasteiger partial charge in [-0.15, -0.1) is 0 Å². The first kappa shape index (κ1) is 11.1. The number of hydrogen-bond acceptors (Lipinski definition) is 1. The van der Waals surface area contributed by atoms with Gasteiger partial charge >= 0.3 is 6.92 Å². The van der Waals surface area contributed by atoms with Gasteiger partial charge in [0.05, 0.1) is 0 Å². The van der Waals surface area contributed by atoms with Gasteiger partial charge in [-0.25, -0.2) is 0 Å². The summed E-state index contributed by atoms with van der Waals surface area (Å²) in [7, 11) is 0. The molecule has 0 bridgehead atoms. The second-order valence-corrected chi connectivity index (χ2v) is 4.03. The van der Waals surface area contributed by atoms with E-state index in [4.69, 9.17) is 4.65 Å². The zero-order chi connectivity index (χ0) is 11.4. The average molecular weight is 212 g/mol. The molecule has 0 radical (unpaired) electrons. The molecule has 0 unspecified atom stereocenters. The summed E-state index contributed by atoms with van der Waals surface area (Å²) in [4.78, 5) is 0. The maximum Gasteiger partial charge on any atom is 0.357 e. The third kappa shape index (κ3) is 2.21. The number of hydrogen-bond donors (Lipinski definition) is 0. The van der Waals surface area contributed by atoms with Crippen LogP contribution >= 0.6 is 0 Å². The number of fused-ring (bicyclic) bond motifs is 1. The van der Waals surface area contributed by atoms with Gasteiger partial charge in [0.1, 0.15) is 5.75 Å². The molecule has 2 aromatic rings. The molecular formula is C14H17BO. The molecule has 0 aromatic heterocycles. The zero-order valence-electron chi connectivity index (χ0n) is 9.94. The van der Waals surface area contributed by atoms with Gasteiger partial charge in [0.25, 0.3) is 0 Å². The highest BCUT2D eigenvalue weighted by atomic mass is 16.4. The summed E-state index contributed by atoms with van der Waals surface area (Å²) in [5, 5.41) is 2.45. The summed E-state index contributed by atoms with van der Waals surface area (Å²) in [6.07, 6.45) is 2.11. The highest BCUT2D eigenvalue weighted by molar-refractivity contribution is 6.52. The third-order valence-corrected chi connectivity index (χ3v) is 2.95. The van der Waals surface area contributed by atoms with Crippen molar-refractivity contribution < 1.29 is 4.65 Å². The Labute approximate surface area is 97.5 Å². The Morgan fingerprint density at radius 3 is 2.38 bits per heavy atom. The van der Waals surface area contributed by atoms with Gasteiger partial charge < -0.3 is 4.65 Å². The van der Waals surface area contributed by atoms with Gasteiger partial charge in [0, 0.05) is 5.39 Å². The van der Waals surface area contributed by atoms with Crippen LogP contribution in [0.3, 0.4) is 0 Å². The first-order valence-corrected chi connectivity index (χ1v) is 5.99. The zero-order valence-corrected chi connectivity index (χ0v) is 9.94. The minimum absolute atomic E-state index is 0.325. The SMILES string of the molecule is CCB(CC)Oc1cccc2ccccc12. The largest absolute Gasteiger partial charge is 0.560 e. The van der Waals surface area contributed by atoms with Crippen LogP contribution < -0.4 is 4.65 Å². The molecule has 0 aliphatic rings. The van der Waals surface area contributed by atoms with Gasteiger partial charge in [-0.3, -0.25) is 0 Å². The molecule has 0 fully saturated rings. The molecule has 0 saturated carbocycles. The molecule has 2 heteroatoms. The molecule has 0 saturated heterocycles. The minimum atomic E-state index is 0.325. The van der Waals surface area contributed by atoms with E-state index in [0.717, 1.165) is 18.4 Å². The summed E-state index contributed by atoms with van der Waals surface area (Å²) in [5.41, 5.74) is 0. The lowest BCUT2D eigenvalue weighted by Gasteiger charge is -2.14. The van der Waals surface area contributed by atoms with E-state index in [2.05, 4.69) is 56.3 Å². The highest BCUT2D eigenvalue weighted by Gasteiger charge is 2.13. The van der Waals surface area contributed by atoms with Crippen molar-refractivity contribution in [3.8, 4) is 5.75 Å². The van der Waals surface area contributed by atoms with Crippen LogP contribution in [0.25, 0.3) is 10.8 Å². The van der Waals surface area contributed by atoms with Crippen LogP contribution in [0.4, 0.5) is 0 Å². The molecule has 82 valence electrons. The molecule has 0 aliphatic heterocycles. The lowest BCUT2D eigenvalue weighted by molar-refractivity contribution is 0.573. The molecule has 0 spiro atoms. The van der Waals surface area contributed by atoms with Crippen LogP contribution in [0.2, 0.25) is 12.6 Å². The Morgan fingerprint density at radius 1 is 0.938 bits per heavy atom. The monoisotopic (exact) mass is 212 g/mol.